The number of ether oxygens (including phenoxy) is 1. The van der Waals surface area contributed by atoms with Gasteiger partial charge in [0.2, 0.25) is 0 Å². The van der Waals surface area contributed by atoms with Crippen molar-refractivity contribution in [2.24, 2.45) is 17.8 Å². The predicted octanol–water partition coefficient (Wildman–Crippen LogP) is 4.52. The van der Waals surface area contributed by atoms with Crippen LogP contribution in [0.2, 0.25) is 0 Å². The Morgan fingerprint density at radius 1 is 1.35 bits per heavy atom. The van der Waals surface area contributed by atoms with Gasteiger partial charge in [-0.25, -0.2) is 4.79 Å². The molecule has 0 saturated heterocycles. The number of nitro groups is 1. The Morgan fingerprint density at radius 2 is 2.04 bits per heavy atom. The first kappa shape index (κ1) is 17.4. The van der Waals surface area contributed by atoms with E-state index in [9.17, 15) is 14.9 Å². The van der Waals surface area contributed by atoms with Crippen molar-refractivity contribution in [1.29, 1.82) is 0 Å². The Labute approximate surface area is 137 Å². The Hall–Kier alpha value is -1.91. The molecule has 1 aromatic carbocycles. The summed E-state index contributed by atoms with van der Waals surface area (Å²) in [6.45, 7) is 8.15. The molecule has 23 heavy (non-hydrogen) atoms. The molecule has 0 bridgehead atoms. The molecule has 1 fully saturated rings. The van der Waals surface area contributed by atoms with Gasteiger partial charge in [0.25, 0.3) is 5.69 Å². The van der Waals surface area contributed by atoms with E-state index >= 15 is 0 Å². The molecule has 0 amide bonds. The summed E-state index contributed by atoms with van der Waals surface area (Å²) in [5.41, 5.74) is 0.878. The van der Waals surface area contributed by atoms with E-state index in [1.54, 1.807) is 6.92 Å². The van der Waals surface area contributed by atoms with Gasteiger partial charge in [-0.2, -0.15) is 0 Å². The quantitative estimate of drug-likeness (QED) is 0.465. The van der Waals surface area contributed by atoms with Gasteiger partial charge >= 0.3 is 5.97 Å². The van der Waals surface area contributed by atoms with Crippen molar-refractivity contribution in [1.82, 2.24) is 0 Å². The summed E-state index contributed by atoms with van der Waals surface area (Å²) < 4.78 is 5.77. The molecule has 0 heterocycles. The lowest BCUT2D eigenvalue weighted by molar-refractivity contribution is -0.385. The van der Waals surface area contributed by atoms with Gasteiger partial charge in [0.1, 0.15) is 6.10 Å². The van der Waals surface area contributed by atoms with Gasteiger partial charge in [-0.3, -0.25) is 10.1 Å². The van der Waals surface area contributed by atoms with Crippen molar-refractivity contribution < 1.29 is 14.5 Å². The van der Waals surface area contributed by atoms with Crippen LogP contribution in [0.15, 0.2) is 18.2 Å². The molecule has 5 heteroatoms. The molecule has 0 aromatic heterocycles. The number of aryl methyl sites for hydroxylation is 1. The molecule has 5 nitrogen and oxygen atoms in total. The van der Waals surface area contributed by atoms with E-state index in [-0.39, 0.29) is 17.8 Å². The van der Waals surface area contributed by atoms with Gasteiger partial charge in [-0.1, -0.05) is 27.2 Å². The number of benzene rings is 1. The Kier molecular flexibility index (Phi) is 5.39. The third kappa shape index (κ3) is 4.09. The highest BCUT2D eigenvalue weighted by atomic mass is 16.6. The fourth-order valence-corrected chi connectivity index (χ4v) is 3.44. The van der Waals surface area contributed by atoms with Crippen molar-refractivity contribution in [3.05, 3.63) is 39.4 Å². The summed E-state index contributed by atoms with van der Waals surface area (Å²) >= 11 is 0. The molecular weight excluding hydrogens is 294 g/mol. The fourth-order valence-electron chi connectivity index (χ4n) is 3.44. The third-order valence-corrected chi connectivity index (χ3v) is 4.85. The highest BCUT2D eigenvalue weighted by molar-refractivity contribution is 5.90. The van der Waals surface area contributed by atoms with Crippen LogP contribution in [0.3, 0.4) is 0 Å². The molecule has 0 radical (unpaired) electrons. The molecule has 0 unspecified atom stereocenters. The predicted molar refractivity (Wildman–Crippen MR) is 88.4 cm³/mol. The van der Waals surface area contributed by atoms with Gasteiger partial charge in [0.05, 0.1) is 10.5 Å². The number of rotatable bonds is 4. The second kappa shape index (κ2) is 7.11. The van der Waals surface area contributed by atoms with E-state index in [1.807, 2.05) is 0 Å². The van der Waals surface area contributed by atoms with E-state index in [4.69, 9.17) is 4.74 Å². The molecule has 2 rings (SSSR count). The van der Waals surface area contributed by atoms with Crippen LogP contribution in [0, 0.1) is 34.8 Å². The zero-order valence-corrected chi connectivity index (χ0v) is 14.2. The van der Waals surface area contributed by atoms with Gasteiger partial charge in [-0.15, -0.1) is 0 Å². The SMILES string of the molecule is Cc1cc(C(=O)O[C@@H]2C[C@H](C)CC[C@@H]2C(C)C)ccc1[N+](=O)[O-]. The van der Waals surface area contributed by atoms with Gasteiger partial charge < -0.3 is 4.74 Å². The minimum atomic E-state index is -0.442. The molecule has 1 aliphatic rings. The third-order valence-electron chi connectivity index (χ3n) is 4.85. The summed E-state index contributed by atoms with van der Waals surface area (Å²) in [6.07, 6.45) is 3.08. The maximum atomic E-state index is 12.4. The number of esters is 1. The van der Waals surface area contributed by atoms with E-state index in [0.717, 1.165) is 12.8 Å². The minimum absolute atomic E-state index is 0.0212. The van der Waals surface area contributed by atoms with Crippen LogP contribution < -0.4 is 0 Å². The second-order valence-corrected chi connectivity index (χ2v) is 7.03. The van der Waals surface area contributed by atoms with Crippen LogP contribution in [-0.4, -0.2) is 17.0 Å². The van der Waals surface area contributed by atoms with Crippen molar-refractivity contribution in [3.8, 4) is 0 Å². The summed E-state index contributed by atoms with van der Waals surface area (Å²) in [4.78, 5) is 22.8. The van der Waals surface area contributed by atoms with Crippen LogP contribution >= 0.6 is 0 Å². The standard InChI is InChI=1S/C18H25NO4/c1-11(2)15-7-5-12(3)9-17(15)23-18(20)14-6-8-16(19(21)22)13(4)10-14/h6,8,10-12,15,17H,5,7,9H2,1-4H3/t12-,15-,17-/m1/s1. The zero-order chi connectivity index (χ0) is 17.1. The van der Waals surface area contributed by atoms with Gasteiger partial charge in [0.15, 0.2) is 0 Å². The van der Waals surface area contributed by atoms with Gasteiger partial charge in [-0.05, 0) is 49.7 Å². The average Bonchev–Trinajstić information content (AvgIpc) is 2.46. The number of carbonyl (C=O) groups is 1. The van der Waals surface area contributed by atoms with E-state index in [2.05, 4.69) is 20.8 Å². The van der Waals surface area contributed by atoms with Crippen LogP contribution in [0.5, 0.6) is 0 Å². The average molecular weight is 319 g/mol. The maximum absolute atomic E-state index is 12.4. The summed E-state index contributed by atoms with van der Waals surface area (Å²) in [5, 5.41) is 10.9. The Bertz CT molecular complexity index is 597. The zero-order valence-electron chi connectivity index (χ0n) is 14.2. The molecule has 0 aliphatic heterocycles. The number of hydrogen-bond acceptors (Lipinski definition) is 4. The number of nitro benzene ring substituents is 1. The Morgan fingerprint density at radius 3 is 2.61 bits per heavy atom. The lowest BCUT2D eigenvalue weighted by Gasteiger charge is -2.36. The first-order valence-corrected chi connectivity index (χ1v) is 8.25. The highest BCUT2D eigenvalue weighted by Gasteiger charge is 2.33. The van der Waals surface area contributed by atoms with Crippen molar-refractivity contribution >= 4 is 11.7 Å². The largest absolute Gasteiger partial charge is 0.458 e. The van der Waals surface area contributed by atoms with Crippen molar-refractivity contribution in [2.45, 2.75) is 53.1 Å². The van der Waals surface area contributed by atoms with Crippen molar-refractivity contribution in [2.75, 3.05) is 0 Å². The minimum Gasteiger partial charge on any atom is -0.458 e. The molecule has 0 N–H and O–H groups in total. The van der Waals surface area contributed by atoms with Crippen LogP contribution in [0.1, 0.15) is 56.0 Å². The van der Waals surface area contributed by atoms with Gasteiger partial charge in [0, 0.05) is 11.6 Å². The smallest absolute Gasteiger partial charge is 0.338 e. The second-order valence-electron chi connectivity index (χ2n) is 7.03. The van der Waals surface area contributed by atoms with E-state index in [0.29, 0.717) is 28.9 Å². The lowest BCUT2D eigenvalue weighted by Crippen LogP contribution is -2.35. The highest BCUT2D eigenvalue weighted by Crippen LogP contribution is 2.35. The van der Waals surface area contributed by atoms with Crippen LogP contribution in [0.4, 0.5) is 5.69 Å². The molecule has 1 aromatic rings. The fraction of sp³-hybridized carbons (Fsp3) is 0.611. The number of hydrogen-bond donors (Lipinski definition) is 0. The maximum Gasteiger partial charge on any atom is 0.338 e. The molecule has 1 aliphatic carbocycles. The summed E-state index contributed by atoms with van der Waals surface area (Å²) in [5.74, 6) is 1.03. The number of carbonyl (C=O) groups excluding carboxylic acids is 1. The first-order chi connectivity index (χ1) is 10.8. The van der Waals surface area contributed by atoms with E-state index < -0.39 is 4.92 Å². The topological polar surface area (TPSA) is 69.4 Å². The molecule has 1 saturated carbocycles. The molecule has 3 atom stereocenters. The molecule has 0 spiro atoms. The number of nitrogens with zero attached hydrogens (tertiary/aromatic N) is 1. The van der Waals surface area contributed by atoms with E-state index in [1.165, 1.54) is 24.6 Å². The van der Waals surface area contributed by atoms with Crippen molar-refractivity contribution in [3.63, 3.8) is 0 Å². The normalized spacial score (nSPS) is 24.5. The molecular formula is C18H25NO4. The first-order valence-electron chi connectivity index (χ1n) is 8.25. The lowest BCUT2D eigenvalue weighted by atomic mass is 9.75. The summed E-state index contributed by atoms with van der Waals surface area (Å²) in [7, 11) is 0. The van der Waals surface area contributed by atoms with Crippen LogP contribution in [-0.2, 0) is 4.74 Å². The monoisotopic (exact) mass is 319 g/mol. The molecule has 126 valence electrons. The summed E-state index contributed by atoms with van der Waals surface area (Å²) in [6, 6.07) is 4.39. The van der Waals surface area contributed by atoms with Crippen LogP contribution in [0.25, 0.3) is 0 Å². The Balaban J connectivity index is 2.13.